The van der Waals surface area contributed by atoms with Gasteiger partial charge in [-0.15, -0.1) is 0 Å². The van der Waals surface area contributed by atoms with E-state index in [0.717, 1.165) is 78.4 Å². The SMILES string of the molecule is Cc1cccc(-c2ccc(N(c3ccc(-c4cccc(C)c4)cc3)c3c(-c4ccccc4)c(-c4ccccc4)c(-c4ccc(N)cc4)c(-c4ccccc4)c3-c3ccccc3)cc2)c1. The third kappa shape index (κ3) is 7.90. The Hall–Kier alpha value is -8.20. The van der Waals surface area contributed by atoms with E-state index in [-0.39, 0.29) is 0 Å². The van der Waals surface area contributed by atoms with E-state index >= 15 is 0 Å². The van der Waals surface area contributed by atoms with E-state index in [1.807, 2.05) is 12.1 Å². The molecule has 0 atom stereocenters. The number of hydrogen-bond acceptors (Lipinski definition) is 2. The lowest BCUT2D eigenvalue weighted by molar-refractivity contribution is 1.28. The monoisotopic (exact) mass is 820 g/mol. The standard InChI is InChI=1S/C62H48N2/c1-43-17-15-27-52(41-43)45-31-37-55(38-32-45)64(56-39-33-46(34-40-56)53-28-16-18-44(2)42-53)62-60(49-23-11-5-12-24-49)58(47-19-7-3-8-20-47)57(51-29-35-54(63)36-30-51)59(48-21-9-4-10-22-48)61(62)50-25-13-6-14-26-50/h3-42H,63H2,1-2H3. The zero-order valence-corrected chi connectivity index (χ0v) is 36.1. The minimum atomic E-state index is 0.726. The molecule has 0 saturated carbocycles. The van der Waals surface area contributed by atoms with Gasteiger partial charge in [-0.25, -0.2) is 0 Å². The highest BCUT2D eigenvalue weighted by Gasteiger charge is 2.32. The third-order valence-electron chi connectivity index (χ3n) is 12.1. The number of anilines is 4. The fourth-order valence-corrected chi connectivity index (χ4v) is 9.12. The minimum absolute atomic E-state index is 0.726. The van der Waals surface area contributed by atoms with E-state index < -0.39 is 0 Å². The Morgan fingerprint density at radius 1 is 0.266 bits per heavy atom. The lowest BCUT2D eigenvalue weighted by Gasteiger charge is -2.35. The second-order valence-electron chi connectivity index (χ2n) is 16.5. The maximum atomic E-state index is 6.44. The molecule has 0 fully saturated rings. The molecule has 0 heterocycles. The highest BCUT2D eigenvalue weighted by Crippen LogP contribution is 2.58. The molecule has 10 aromatic rings. The van der Waals surface area contributed by atoms with Crippen molar-refractivity contribution < 1.29 is 0 Å². The van der Waals surface area contributed by atoms with E-state index in [1.54, 1.807) is 0 Å². The van der Waals surface area contributed by atoms with Crippen LogP contribution in [0.5, 0.6) is 0 Å². The maximum absolute atomic E-state index is 6.44. The van der Waals surface area contributed by atoms with Crippen LogP contribution in [0.25, 0.3) is 77.9 Å². The fraction of sp³-hybridized carbons (Fsp3) is 0.0323. The highest BCUT2D eigenvalue weighted by atomic mass is 15.1. The van der Waals surface area contributed by atoms with Gasteiger partial charge in [-0.05, 0) is 106 Å². The summed E-state index contributed by atoms with van der Waals surface area (Å²) in [7, 11) is 0. The van der Waals surface area contributed by atoms with Gasteiger partial charge < -0.3 is 10.6 Å². The molecule has 0 aliphatic heterocycles. The number of hydrogen-bond donors (Lipinski definition) is 1. The first-order chi connectivity index (χ1) is 31.5. The summed E-state index contributed by atoms with van der Waals surface area (Å²) in [6.07, 6.45) is 0. The average Bonchev–Trinajstić information content (AvgIpc) is 3.35. The van der Waals surface area contributed by atoms with Crippen LogP contribution in [0.3, 0.4) is 0 Å². The van der Waals surface area contributed by atoms with Crippen molar-refractivity contribution in [3.05, 3.63) is 254 Å². The molecule has 0 amide bonds. The quantitative estimate of drug-likeness (QED) is 0.139. The van der Waals surface area contributed by atoms with E-state index in [0.29, 0.717) is 0 Å². The van der Waals surface area contributed by atoms with Crippen molar-refractivity contribution >= 4 is 22.7 Å². The van der Waals surface area contributed by atoms with Crippen LogP contribution >= 0.6 is 0 Å². The summed E-state index contributed by atoms with van der Waals surface area (Å²) in [6.45, 7) is 4.30. The van der Waals surface area contributed by atoms with Crippen molar-refractivity contribution in [2.45, 2.75) is 13.8 Å². The summed E-state index contributed by atoms with van der Waals surface area (Å²) < 4.78 is 0. The number of nitrogen functional groups attached to an aromatic ring is 1. The van der Waals surface area contributed by atoms with Crippen molar-refractivity contribution in [2.75, 3.05) is 10.6 Å². The number of nitrogens with two attached hydrogens (primary N) is 1. The van der Waals surface area contributed by atoms with Crippen molar-refractivity contribution in [2.24, 2.45) is 0 Å². The molecule has 10 aromatic carbocycles. The Balaban J connectivity index is 1.40. The molecule has 0 spiro atoms. The van der Waals surface area contributed by atoms with Crippen molar-refractivity contribution in [3.8, 4) is 77.9 Å². The predicted molar refractivity (Wildman–Crippen MR) is 273 cm³/mol. The summed E-state index contributed by atoms with van der Waals surface area (Å²) in [6, 6.07) is 87.7. The lowest BCUT2D eigenvalue weighted by Crippen LogP contribution is -2.15. The first-order valence-corrected chi connectivity index (χ1v) is 22.0. The van der Waals surface area contributed by atoms with Gasteiger partial charge in [-0.3, -0.25) is 0 Å². The van der Waals surface area contributed by atoms with Crippen LogP contribution < -0.4 is 10.6 Å². The molecule has 0 saturated heterocycles. The Morgan fingerprint density at radius 2 is 0.562 bits per heavy atom. The lowest BCUT2D eigenvalue weighted by atomic mass is 9.77. The second-order valence-corrected chi connectivity index (χ2v) is 16.5. The van der Waals surface area contributed by atoms with E-state index in [4.69, 9.17) is 5.73 Å². The summed E-state index contributed by atoms with van der Waals surface area (Å²) in [5, 5.41) is 0. The van der Waals surface area contributed by atoms with Crippen LogP contribution in [0.2, 0.25) is 0 Å². The van der Waals surface area contributed by atoms with E-state index in [9.17, 15) is 0 Å². The highest BCUT2D eigenvalue weighted by molar-refractivity contribution is 6.16. The number of nitrogens with zero attached hydrogens (tertiary/aromatic N) is 1. The summed E-state index contributed by atoms with van der Waals surface area (Å²) >= 11 is 0. The third-order valence-corrected chi connectivity index (χ3v) is 12.1. The van der Waals surface area contributed by atoms with Crippen LogP contribution in [0.1, 0.15) is 11.1 Å². The van der Waals surface area contributed by atoms with Gasteiger partial charge in [0.15, 0.2) is 0 Å². The van der Waals surface area contributed by atoms with Gasteiger partial charge in [0.25, 0.3) is 0 Å². The zero-order chi connectivity index (χ0) is 43.4. The molecule has 0 radical (unpaired) electrons. The Morgan fingerprint density at radius 3 is 0.922 bits per heavy atom. The van der Waals surface area contributed by atoms with Gasteiger partial charge in [0.05, 0.1) is 5.69 Å². The van der Waals surface area contributed by atoms with Crippen LogP contribution in [-0.2, 0) is 0 Å². The van der Waals surface area contributed by atoms with Gasteiger partial charge in [-0.2, -0.15) is 0 Å². The van der Waals surface area contributed by atoms with Crippen molar-refractivity contribution in [1.29, 1.82) is 0 Å². The van der Waals surface area contributed by atoms with Gasteiger partial charge in [-0.1, -0.05) is 217 Å². The summed E-state index contributed by atoms with van der Waals surface area (Å²) in [5.41, 5.74) is 28.8. The molecule has 0 unspecified atom stereocenters. The van der Waals surface area contributed by atoms with Crippen LogP contribution in [0, 0.1) is 13.8 Å². The molecule has 10 rings (SSSR count). The van der Waals surface area contributed by atoms with Crippen LogP contribution in [0.4, 0.5) is 22.7 Å². The molecule has 0 aromatic heterocycles. The van der Waals surface area contributed by atoms with Gasteiger partial charge in [0.2, 0.25) is 0 Å². The second kappa shape index (κ2) is 17.6. The first-order valence-electron chi connectivity index (χ1n) is 22.0. The predicted octanol–water partition coefficient (Wildman–Crippen LogP) is 17.0. The molecule has 0 bridgehead atoms. The Kier molecular flexibility index (Phi) is 11.0. The first kappa shape index (κ1) is 39.9. The zero-order valence-electron chi connectivity index (χ0n) is 36.1. The molecule has 64 heavy (non-hydrogen) atoms. The molecular formula is C62H48N2. The van der Waals surface area contributed by atoms with Gasteiger partial charge >= 0.3 is 0 Å². The Labute approximate surface area is 377 Å². The molecule has 2 nitrogen and oxygen atoms in total. The molecule has 2 heteroatoms. The summed E-state index contributed by atoms with van der Waals surface area (Å²) in [5.74, 6) is 0. The average molecular weight is 821 g/mol. The molecule has 0 aliphatic carbocycles. The van der Waals surface area contributed by atoms with Crippen LogP contribution in [-0.4, -0.2) is 0 Å². The Bertz CT molecular complexity index is 2980. The fourth-order valence-electron chi connectivity index (χ4n) is 9.12. The van der Waals surface area contributed by atoms with Gasteiger partial charge in [0.1, 0.15) is 0 Å². The summed E-state index contributed by atoms with van der Waals surface area (Å²) in [4.78, 5) is 2.50. The topological polar surface area (TPSA) is 29.3 Å². The largest absolute Gasteiger partial charge is 0.399 e. The normalized spacial score (nSPS) is 11.0. The maximum Gasteiger partial charge on any atom is 0.0631 e. The number of benzene rings is 10. The van der Waals surface area contributed by atoms with Crippen molar-refractivity contribution in [1.82, 2.24) is 0 Å². The minimum Gasteiger partial charge on any atom is -0.399 e. The molecule has 0 aliphatic rings. The van der Waals surface area contributed by atoms with Crippen LogP contribution in [0.15, 0.2) is 243 Å². The van der Waals surface area contributed by atoms with Crippen molar-refractivity contribution in [3.63, 3.8) is 0 Å². The number of rotatable bonds is 10. The van der Waals surface area contributed by atoms with E-state index in [1.165, 1.54) is 33.4 Å². The smallest absolute Gasteiger partial charge is 0.0631 e. The molecule has 306 valence electrons. The van der Waals surface area contributed by atoms with E-state index in [2.05, 4.69) is 249 Å². The molecule has 2 N–H and O–H groups in total. The van der Waals surface area contributed by atoms with Gasteiger partial charge in [0, 0.05) is 39.3 Å². The molecular weight excluding hydrogens is 773 g/mol. The number of aryl methyl sites for hydroxylation is 2.